The maximum Gasteiger partial charge on any atom is 0.270 e. The first-order chi connectivity index (χ1) is 14.2. The standard InChI is InChI=1S/C21H25N5O3/c1-29-21-15-22-7-6-20(21)25-11-9-24(10-12-25)8-2-3-16-14-23-19-5-4-17(26(27)28)13-18(16)19/h4-7,13-15,23H,2-3,8-12H2,1H3. The van der Waals surface area contributed by atoms with Crippen LogP contribution >= 0.6 is 0 Å². The molecule has 0 atom stereocenters. The first-order valence-electron chi connectivity index (χ1n) is 9.85. The van der Waals surface area contributed by atoms with Gasteiger partial charge in [-0.2, -0.15) is 0 Å². The average molecular weight is 395 g/mol. The Balaban J connectivity index is 1.31. The Bertz CT molecular complexity index is 995. The van der Waals surface area contributed by atoms with Crippen LogP contribution in [0.15, 0.2) is 42.9 Å². The molecule has 0 bridgehead atoms. The van der Waals surface area contributed by atoms with Gasteiger partial charge < -0.3 is 14.6 Å². The predicted molar refractivity (Wildman–Crippen MR) is 113 cm³/mol. The van der Waals surface area contributed by atoms with Crippen molar-refractivity contribution in [3.63, 3.8) is 0 Å². The Morgan fingerprint density at radius 3 is 2.83 bits per heavy atom. The summed E-state index contributed by atoms with van der Waals surface area (Å²) in [5.41, 5.74) is 3.33. The molecule has 2 aromatic heterocycles. The molecule has 8 heteroatoms. The van der Waals surface area contributed by atoms with Crippen LogP contribution in [0, 0.1) is 10.1 Å². The first-order valence-corrected chi connectivity index (χ1v) is 9.85. The van der Waals surface area contributed by atoms with Gasteiger partial charge in [0.05, 0.1) is 23.9 Å². The van der Waals surface area contributed by atoms with Gasteiger partial charge in [0.2, 0.25) is 0 Å². The van der Waals surface area contributed by atoms with Crippen molar-refractivity contribution >= 4 is 22.3 Å². The van der Waals surface area contributed by atoms with Gasteiger partial charge in [0.25, 0.3) is 5.69 Å². The average Bonchev–Trinajstić information content (AvgIpc) is 3.16. The summed E-state index contributed by atoms with van der Waals surface area (Å²) >= 11 is 0. The minimum absolute atomic E-state index is 0.140. The molecule has 1 aromatic carbocycles. The van der Waals surface area contributed by atoms with E-state index in [1.807, 2.05) is 12.3 Å². The third-order valence-electron chi connectivity index (χ3n) is 5.58. The van der Waals surface area contributed by atoms with Crippen molar-refractivity contribution in [2.24, 2.45) is 0 Å². The Morgan fingerprint density at radius 2 is 2.07 bits per heavy atom. The van der Waals surface area contributed by atoms with E-state index in [0.717, 1.165) is 73.5 Å². The van der Waals surface area contributed by atoms with Gasteiger partial charge in [0.1, 0.15) is 0 Å². The molecule has 1 saturated heterocycles. The quantitative estimate of drug-likeness (QED) is 0.488. The fraction of sp³-hybridized carbons (Fsp3) is 0.381. The lowest BCUT2D eigenvalue weighted by Gasteiger charge is -2.36. The number of piperazine rings is 1. The number of aromatic amines is 1. The monoisotopic (exact) mass is 395 g/mol. The number of nitrogens with zero attached hydrogens (tertiary/aromatic N) is 4. The summed E-state index contributed by atoms with van der Waals surface area (Å²) < 4.78 is 5.43. The van der Waals surface area contributed by atoms with E-state index >= 15 is 0 Å². The van der Waals surface area contributed by atoms with Gasteiger partial charge in [-0.25, -0.2) is 0 Å². The number of nitro benzene ring substituents is 1. The van der Waals surface area contributed by atoms with Crippen molar-refractivity contribution in [3.8, 4) is 5.75 Å². The maximum absolute atomic E-state index is 11.0. The molecule has 4 rings (SSSR count). The SMILES string of the molecule is COc1cnccc1N1CCN(CCCc2c[nH]c3ccc([N+](=O)[O-])cc23)CC1. The zero-order chi connectivity index (χ0) is 20.2. The third kappa shape index (κ3) is 4.17. The van der Waals surface area contributed by atoms with Crippen molar-refractivity contribution in [1.82, 2.24) is 14.9 Å². The summed E-state index contributed by atoms with van der Waals surface area (Å²) in [5, 5.41) is 12.0. The van der Waals surface area contributed by atoms with Crippen molar-refractivity contribution < 1.29 is 9.66 Å². The van der Waals surface area contributed by atoms with Crippen LogP contribution in [0.4, 0.5) is 11.4 Å². The van der Waals surface area contributed by atoms with E-state index in [2.05, 4.69) is 19.8 Å². The molecule has 0 radical (unpaired) electrons. The zero-order valence-electron chi connectivity index (χ0n) is 16.5. The second-order valence-electron chi connectivity index (χ2n) is 7.28. The molecule has 1 aliphatic heterocycles. The van der Waals surface area contributed by atoms with Gasteiger partial charge >= 0.3 is 0 Å². The van der Waals surface area contributed by atoms with E-state index in [9.17, 15) is 10.1 Å². The molecule has 0 amide bonds. The molecule has 8 nitrogen and oxygen atoms in total. The summed E-state index contributed by atoms with van der Waals surface area (Å²) in [7, 11) is 1.68. The number of rotatable bonds is 7. The highest BCUT2D eigenvalue weighted by Crippen LogP contribution is 2.28. The summed E-state index contributed by atoms with van der Waals surface area (Å²) in [6.07, 6.45) is 7.46. The number of aryl methyl sites for hydroxylation is 1. The first kappa shape index (κ1) is 19.2. The van der Waals surface area contributed by atoms with Crippen molar-refractivity contribution in [3.05, 3.63) is 58.5 Å². The summed E-state index contributed by atoms with van der Waals surface area (Å²) in [4.78, 5) is 22.9. The summed E-state index contributed by atoms with van der Waals surface area (Å²) in [6, 6.07) is 7.00. The van der Waals surface area contributed by atoms with Gasteiger partial charge in [0.15, 0.2) is 5.75 Å². The van der Waals surface area contributed by atoms with Crippen molar-refractivity contribution in [2.45, 2.75) is 12.8 Å². The highest BCUT2D eigenvalue weighted by Gasteiger charge is 2.19. The van der Waals surface area contributed by atoms with Crippen LogP contribution in [-0.2, 0) is 6.42 Å². The predicted octanol–water partition coefficient (Wildman–Crippen LogP) is 3.23. The Kier molecular flexibility index (Phi) is 5.62. The normalized spacial score (nSPS) is 15.0. The highest BCUT2D eigenvalue weighted by molar-refractivity contribution is 5.85. The van der Waals surface area contributed by atoms with Gasteiger partial charge in [-0.15, -0.1) is 0 Å². The van der Waals surface area contributed by atoms with Crippen LogP contribution < -0.4 is 9.64 Å². The number of non-ortho nitro benzene ring substituents is 1. The van der Waals surface area contributed by atoms with E-state index in [4.69, 9.17) is 4.74 Å². The second kappa shape index (κ2) is 8.48. The van der Waals surface area contributed by atoms with Gasteiger partial charge in [-0.1, -0.05) is 0 Å². The van der Waals surface area contributed by atoms with E-state index in [-0.39, 0.29) is 10.6 Å². The zero-order valence-corrected chi connectivity index (χ0v) is 16.5. The number of aromatic nitrogens is 2. The van der Waals surface area contributed by atoms with Crippen LogP contribution in [0.1, 0.15) is 12.0 Å². The number of hydrogen-bond donors (Lipinski definition) is 1. The fourth-order valence-corrected chi connectivity index (χ4v) is 3.98. The lowest BCUT2D eigenvalue weighted by atomic mass is 10.1. The molecule has 0 saturated carbocycles. The smallest absolute Gasteiger partial charge is 0.270 e. The molecular formula is C21H25N5O3. The molecule has 152 valence electrons. The largest absolute Gasteiger partial charge is 0.493 e. The van der Waals surface area contributed by atoms with Crippen molar-refractivity contribution in [1.29, 1.82) is 0 Å². The second-order valence-corrected chi connectivity index (χ2v) is 7.28. The number of ether oxygens (including phenoxy) is 1. The Hall–Kier alpha value is -3.13. The summed E-state index contributed by atoms with van der Waals surface area (Å²) in [6.45, 7) is 4.94. The molecule has 29 heavy (non-hydrogen) atoms. The molecule has 1 aliphatic rings. The number of benzene rings is 1. The van der Waals surface area contributed by atoms with E-state index < -0.39 is 0 Å². The van der Waals surface area contributed by atoms with Gasteiger partial charge in [-0.05, 0) is 37.1 Å². The van der Waals surface area contributed by atoms with E-state index in [1.54, 1.807) is 37.7 Å². The van der Waals surface area contributed by atoms with Crippen LogP contribution in [0.25, 0.3) is 10.9 Å². The van der Waals surface area contributed by atoms with Crippen LogP contribution in [-0.4, -0.2) is 59.6 Å². The molecular weight excluding hydrogens is 370 g/mol. The number of H-pyrrole nitrogens is 1. The van der Waals surface area contributed by atoms with Crippen LogP contribution in [0.5, 0.6) is 5.75 Å². The van der Waals surface area contributed by atoms with Gasteiger partial charge in [-0.3, -0.25) is 20.0 Å². The Labute approximate surface area is 169 Å². The fourth-order valence-electron chi connectivity index (χ4n) is 3.98. The maximum atomic E-state index is 11.0. The molecule has 0 spiro atoms. The number of nitro groups is 1. The van der Waals surface area contributed by atoms with E-state index in [0.29, 0.717) is 0 Å². The highest BCUT2D eigenvalue weighted by atomic mass is 16.6. The molecule has 0 aliphatic carbocycles. The minimum atomic E-state index is -0.340. The molecule has 1 fully saturated rings. The molecule has 3 aromatic rings. The van der Waals surface area contributed by atoms with Crippen LogP contribution in [0.3, 0.4) is 0 Å². The number of methoxy groups -OCH3 is 1. The van der Waals surface area contributed by atoms with Gasteiger partial charge in [0, 0.05) is 61.6 Å². The Morgan fingerprint density at radius 1 is 1.24 bits per heavy atom. The molecule has 3 heterocycles. The van der Waals surface area contributed by atoms with E-state index in [1.165, 1.54) is 0 Å². The lowest BCUT2D eigenvalue weighted by molar-refractivity contribution is -0.384. The number of pyridine rings is 1. The number of fused-ring (bicyclic) bond motifs is 1. The van der Waals surface area contributed by atoms with Crippen molar-refractivity contribution in [2.75, 3.05) is 44.7 Å². The third-order valence-corrected chi connectivity index (χ3v) is 5.58. The van der Waals surface area contributed by atoms with Crippen LogP contribution in [0.2, 0.25) is 0 Å². The number of hydrogen-bond acceptors (Lipinski definition) is 6. The minimum Gasteiger partial charge on any atom is -0.493 e. The topological polar surface area (TPSA) is 87.5 Å². The lowest BCUT2D eigenvalue weighted by Crippen LogP contribution is -2.46. The number of nitrogens with one attached hydrogen (secondary N) is 1. The number of anilines is 1. The molecule has 0 unspecified atom stereocenters. The molecule has 1 N–H and O–H groups in total. The summed E-state index contributed by atoms with van der Waals surface area (Å²) in [5.74, 6) is 0.814.